The SMILES string of the molecule is COc1ccc2c(c1)c1c(cnn1CC(=O)NCCN1CCC[C@@H]3CCCC[C@H]31)c(=O)n2C. The number of nitrogens with zero attached hydrogens (tertiary/aromatic N) is 4. The van der Waals surface area contributed by atoms with Crippen molar-refractivity contribution in [1.82, 2.24) is 24.6 Å². The molecule has 0 bridgehead atoms. The van der Waals surface area contributed by atoms with E-state index in [4.69, 9.17) is 4.74 Å². The fraction of sp³-hybridized carbons (Fsp3) is 0.560. The quantitative estimate of drug-likeness (QED) is 0.623. The van der Waals surface area contributed by atoms with E-state index in [1.807, 2.05) is 18.2 Å². The van der Waals surface area contributed by atoms with Crippen molar-refractivity contribution in [3.63, 3.8) is 0 Å². The molecule has 1 saturated carbocycles. The molecule has 0 unspecified atom stereocenters. The van der Waals surface area contributed by atoms with E-state index in [0.717, 1.165) is 29.9 Å². The van der Waals surface area contributed by atoms with Crippen LogP contribution in [-0.4, -0.2) is 57.9 Å². The Hall–Kier alpha value is -2.87. The molecule has 8 nitrogen and oxygen atoms in total. The maximum atomic E-state index is 12.8. The number of methoxy groups -OCH3 is 1. The number of pyridine rings is 1. The Bertz CT molecular complexity index is 1230. The van der Waals surface area contributed by atoms with E-state index in [1.165, 1.54) is 38.5 Å². The molecule has 176 valence electrons. The molecule has 1 saturated heterocycles. The van der Waals surface area contributed by atoms with Gasteiger partial charge in [0.25, 0.3) is 5.56 Å². The van der Waals surface area contributed by atoms with Crippen LogP contribution in [0.4, 0.5) is 0 Å². The van der Waals surface area contributed by atoms with Gasteiger partial charge in [-0.2, -0.15) is 5.10 Å². The van der Waals surface area contributed by atoms with Crippen molar-refractivity contribution in [3.05, 3.63) is 34.7 Å². The molecule has 3 aromatic rings. The standard InChI is InChI=1S/C25H33N5O3/c1-28-22-10-9-18(33-2)14-19(22)24-20(25(28)32)15-27-30(24)16-23(31)26-11-13-29-12-5-7-17-6-3-4-8-21(17)29/h9-10,14-15,17,21H,3-8,11-13,16H2,1-2H3,(H,26,31)/t17-,21+/m0/s1. The van der Waals surface area contributed by atoms with E-state index >= 15 is 0 Å². The second-order valence-electron chi connectivity index (χ2n) is 9.45. The Labute approximate surface area is 193 Å². The molecule has 8 heteroatoms. The molecule has 3 heterocycles. The summed E-state index contributed by atoms with van der Waals surface area (Å²) in [6.07, 6.45) is 9.53. The molecule has 1 N–H and O–H groups in total. The number of piperidine rings is 1. The molecule has 5 rings (SSSR count). The molecule has 2 atom stereocenters. The first-order chi connectivity index (χ1) is 16.1. The van der Waals surface area contributed by atoms with Gasteiger partial charge in [-0.25, -0.2) is 0 Å². The van der Waals surface area contributed by atoms with Crippen LogP contribution in [0.2, 0.25) is 0 Å². The molecule has 1 aromatic carbocycles. The number of hydrogen-bond acceptors (Lipinski definition) is 5. The molecule has 0 spiro atoms. The van der Waals surface area contributed by atoms with Gasteiger partial charge in [0.1, 0.15) is 12.3 Å². The lowest BCUT2D eigenvalue weighted by atomic mass is 9.78. The molecule has 2 aromatic heterocycles. The number of amides is 1. The van der Waals surface area contributed by atoms with Crippen LogP contribution in [0.1, 0.15) is 38.5 Å². The molecule has 0 radical (unpaired) electrons. The molecule has 1 aliphatic carbocycles. The molecule has 2 fully saturated rings. The second kappa shape index (κ2) is 9.17. The lowest BCUT2D eigenvalue weighted by molar-refractivity contribution is -0.121. The van der Waals surface area contributed by atoms with Gasteiger partial charge in [0.15, 0.2) is 0 Å². The normalized spacial score (nSPS) is 21.3. The zero-order valence-corrected chi connectivity index (χ0v) is 19.5. The third-order valence-electron chi connectivity index (χ3n) is 7.57. The minimum absolute atomic E-state index is 0.0784. The number of benzene rings is 1. The van der Waals surface area contributed by atoms with Crippen molar-refractivity contribution < 1.29 is 9.53 Å². The van der Waals surface area contributed by atoms with Gasteiger partial charge in [0.2, 0.25) is 5.91 Å². The monoisotopic (exact) mass is 451 g/mol. The van der Waals surface area contributed by atoms with E-state index < -0.39 is 0 Å². The van der Waals surface area contributed by atoms with Crippen molar-refractivity contribution >= 4 is 27.7 Å². The maximum Gasteiger partial charge on any atom is 0.261 e. The Morgan fingerprint density at radius 2 is 2.00 bits per heavy atom. The van der Waals surface area contributed by atoms with Crippen LogP contribution in [0.3, 0.4) is 0 Å². The summed E-state index contributed by atoms with van der Waals surface area (Å²) in [7, 11) is 3.36. The summed E-state index contributed by atoms with van der Waals surface area (Å²) in [5.41, 5.74) is 1.33. The van der Waals surface area contributed by atoms with E-state index in [2.05, 4.69) is 15.3 Å². The smallest absolute Gasteiger partial charge is 0.261 e. The molecule has 2 aliphatic rings. The average molecular weight is 452 g/mol. The van der Waals surface area contributed by atoms with Crippen LogP contribution >= 0.6 is 0 Å². The van der Waals surface area contributed by atoms with Gasteiger partial charge in [-0.3, -0.25) is 19.2 Å². The highest BCUT2D eigenvalue weighted by molar-refractivity contribution is 6.04. The first kappa shape index (κ1) is 21.9. The molecule has 1 aliphatic heterocycles. The summed E-state index contributed by atoms with van der Waals surface area (Å²) in [4.78, 5) is 28.2. The first-order valence-electron chi connectivity index (χ1n) is 12.1. The van der Waals surface area contributed by atoms with E-state index in [9.17, 15) is 9.59 Å². The fourth-order valence-electron chi connectivity index (χ4n) is 5.90. The lowest BCUT2D eigenvalue weighted by Gasteiger charge is -2.44. The summed E-state index contributed by atoms with van der Waals surface area (Å²) in [6.45, 7) is 2.75. The summed E-state index contributed by atoms with van der Waals surface area (Å²) < 4.78 is 8.63. The van der Waals surface area contributed by atoms with Gasteiger partial charge in [-0.15, -0.1) is 0 Å². The average Bonchev–Trinajstić information content (AvgIpc) is 3.26. The number of rotatable bonds is 6. The Morgan fingerprint density at radius 3 is 2.85 bits per heavy atom. The van der Waals surface area contributed by atoms with E-state index in [-0.39, 0.29) is 18.0 Å². The summed E-state index contributed by atoms with van der Waals surface area (Å²) in [5.74, 6) is 1.45. The Kier molecular flexibility index (Phi) is 6.10. The number of aromatic nitrogens is 3. The predicted molar refractivity (Wildman–Crippen MR) is 129 cm³/mol. The second-order valence-corrected chi connectivity index (χ2v) is 9.45. The largest absolute Gasteiger partial charge is 0.497 e. The van der Waals surface area contributed by atoms with Crippen LogP contribution in [0.25, 0.3) is 21.8 Å². The minimum atomic E-state index is -0.124. The van der Waals surface area contributed by atoms with Crippen LogP contribution in [-0.2, 0) is 18.4 Å². The highest BCUT2D eigenvalue weighted by atomic mass is 16.5. The molecule has 33 heavy (non-hydrogen) atoms. The van der Waals surface area contributed by atoms with Crippen molar-refractivity contribution in [1.29, 1.82) is 0 Å². The van der Waals surface area contributed by atoms with Crippen LogP contribution in [0.15, 0.2) is 29.2 Å². The fourth-order valence-corrected chi connectivity index (χ4v) is 5.90. The highest BCUT2D eigenvalue weighted by Crippen LogP contribution is 2.35. The minimum Gasteiger partial charge on any atom is -0.497 e. The van der Waals surface area contributed by atoms with Gasteiger partial charge in [-0.05, 0) is 56.3 Å². The maximum absolute atomic E-state index is 12.8. The number of carbonyl (C=O) groups is 1. The number of fused-ring (bicyclic) bond motifs is 4. The topological polar surface area (TPSA) is 81.4 Å². The molecule has 1 amide bonds. The molecular formula is C25H33N5O3. The first-order valence-corrected chi connectivity index (χ1v) is 12.1. The number of ether oxygens (including phenoxy) is 1. The number of carbonyl (C=O) groups excluding carboxylic acids is 1. The van der Waals surface area contributed by atoms with Crippen LogP contribution in [0, 0.1) is 5.92 Å². The van der Waals surface area contributed by atoms with Crippen molar-refractivity contribution in [2.75, 3.05) is 26.7 Å². The third kappa shape index (κ3) is 4.12. The highest BCUT2D eigenvalue weighted by Gasteiger charge is 2.32. The number of nitrogens with one attached hydrogen (secondary N) is 1. The van der Waals surface area contributed by atoms with Gasteiger partial charge in [-0.1, -0.05) is 12.8 Å². The number of hydrogen-bond donors (Lipinski definition) is 1. The van der Waals surface area contributed by atoms with Gasteiger partial charge >= 0.3 is 0 Å². The zero-order valence-electron chi connectivity index (χ0n) is 19.5. The zero-order chi connectivity index (χ0) is 22.9. The van der Waals surface area contributed by atoms with Gasteiger partial charge < -0.3 is 14.6 Å². The van der Waals surface area contributed by atoms with E-state index in [1.54, 1.807) is 29.6 Å². The van der Waals surface area contributed by atoms with Gasteiger partial charge in [0, 0.05) is 31.6 Å². The lowest BCUT2D eigenvalue weighted by Crippen LogP contribution is -2.49. The summed E-state index contributed by atoms with van der Waals surface area (Å²) in [6, 6.07) is 6.28. The number of aryl methyl sites for hydroxylation is 1. The predicted octanol–water partition coefficient (Wildman–Crippen LogP) is 2.67. The molecular weight excluding hydrogens is 418 g/mol. The summed E-state index contributed by atoms with van der Waals surface area (Å²) in [5, 5.41) is 8.81. The Balaban J connectivity index is 1.31. The summed E-state index contributed by atoms with van der Waals surface area (Å²) >= 11 is 0. The third-order valence-corrected chi connectivity index (χ3v) is 7.57. The van der Waals surface area contributed by atoms with Crippen LogP contribution in [0.5, 0.6) is 5.75 Å². The van der Waals surface area contributed by atoms with E-state index in [0.29, 0.717) is 29.2 Å². The van der Waals surface area contributed by atoms with Crippen molar-refractivity contribution in [2.45, 2.75) is 51.1 Å². The van der Waals surface area contributed by atoms with Gasteiger partial charge in [0.05, 0.1) is 29.7 Å². The van der Waals surface area contributed by atoms with Crippen molar-refractivity contribution in [3.8, 4) is 5.75 Å². The van der Waals surface area contributed by atoms with Crippen LogP contribution < -0.4 is 15.6 Å². The number of likely N-dealkylation sites (tertiary alicyclic amines) is 1. The Morgan fingerprint density at radius 1 is 1.18 bits per heavy atom. The van der Waals surface area contributed by atoms with Crippen molar-refractivity contribution in [2.24, 2.45) is 13.0 Å².